The fourth-order valence-electron chi connectivity index (χ4n) is 3.03. The van der Waals surface area contributed by atoms with Gasteiger partial charge in [-0.15, -0.1) is 0 Å². The SMILES string of the molecule is CCCC1CNC(C(C)C)CN1Cc1cccc(Cl)c1Cl. The van der Waals surface area contributed by atoms with Gasteiger partial charge >= 0.3 is 0 Å². The van der Waals surface area contributed by atoms with Crippen molar-refractivity contribution in [3.05, 3.63) is 33.8 Å². The Balaban J connectivity index is 2.13. The predicted octanol–water partition coefficient (Wildman–Crippen LogP) is 4.59. The molecule has 0 radical (unpaired) electrons. The molecule has 1 aromatic carbocycles. The van der Waals surface area contributed by atoms with E-state index >= 15 is 0 Å². The van der Waals surface area contributed by atoms with Crippen molar-refractivity contribution in [1.29, 1.82) is 0 Å². The molecule has 1 heterocycles. The third-order valence-electron chi connectivity index (χ3n) is 4.39. The Labute approximate surface area is 138 Å². The van der Waals surface area contributed by atoms with Crippen molar-refractivity contribution in [2.75, 3.05) is 13.1 Å². The largest absolute Gasteiger partial charge is 0.311 e. The molecule has 2 atom stereocenters. The Bertz CT molecular complexity index is 462. The lowest BCUT2D eigenvalue weighted by Gasteiger charge is -2.42. The summed E-state index contributed by atoms with van der Waals surface area (Å²) in [5, 5.41) is 5.05. The third-order valence-corrected chi connectivity index (χ3v) is 5.25. The number of benzene rings is 1. The maximum absolute atomic E-state index is 6.36. The van der Waals surface area contributed by atoms with E-state index in [0.717, 1.165) is 25.2 Å². The van der Waals surface area contributed by atoms with Gasteiger partial charge in [0.25, 0.3) is 0 Å². The van der Waals surface area contributed by atoms with Crippen LogP contribution in [0.25, 0.3) is 0 Å². The molecule has 4 heteroatoms. The molecule has 2 rings (SSSR count). The molecule has 21 heavy (non-hydrogen) atoms. The quantitative estimate of drug-likeness (QED) is 0.850. The maximum Gasteiger partial charge on any atom is 0.0637 e. The van der Waals surface area contributed by atoms with Crippen LogP contribution in [0.3, 0.4) is 0 Å². The molecular weight excluding hydrogens is 303 g/mol. The highest BCUT2D eigenvalue weighted by Crippen LogP contribution is 2.28. The predicted molar refractivity (Wildman–Crippen MR) is 92.2 cm³/mol. The van der Waals surface area contributed by atoms with Crippen molar-refractivity contribution >= 4 is 23.2 Å². The van der Waals surface area contributed by atoms with E-state index in [-0.39, 0.29) is 0 Å². The molecule has 1 N–H and O–H groups in total. The van der Waals surface area contributed by atoms with Crippen LogP contribution in [0.5, 0.6) is 0 Å². The number of nitrogens with zero attached hydrogens (tertiary/aromatic N) is 1. The van der Waals surface area contributed by atoms with E-state index in [2.05, 4.69) is 37.1 Å². The summed E-state index contributed by atoms with van der Waals surface area (Å²) >= 11 is 12.5. The van der Waals surface area contributed by atoms with E-state index in [1.807, 2.05) is 12.1 Å². The molecule has 1 aliphatic heterocycles. The van der Waals surface area contributed by atoms with Crippen LogP contribution in [0, 0.1) is 5.92 Å². The van der Waals surface area contributed by atoms with E-state index < -0.39 is 0 Å². The van der Waals surface area contributed by atoms with Crippen molar-refractivity contribution < 1.29 is 0 Å². The minimum Gasteiger partial charge on any atom is -0.311 e. The first-order valence-electron chi connectivity index (χ1n) is 7.93. The van der Waals surface area contributed by atoms with E-state index in [9.17, 15) is 0 Å². The Morgan fingerprint density at radius 1 is 1.33 bits per heavy atom. The average Bonchev–Trinajstić information content (AvgIpc) is 2.45. The van der Waals surface area contributed by atoms with Crippen molar-refractivity contribution in [2.45, 2.75) is 52.2 Å². The van der Waals surface area contributed by atoms with Crippen LogP contribution in [-0.2, 0) is 6.54 Å². The third kappa shape index (κ3) is 4.35. The fourth-order valence-corrected chi connectivity index (χ4v) is 3.41. The van der Waals surface area contributed by atoms with Gasteiger partial charge in [-0.3, -0.25) is 4.90 Å². The van der Waals surface area contributed by atoms with E-state index in [1.165, 1.54) is 12.8 Å². The van der Waals surface area contributed by atoms with Crippen molar-refractivity contribution in [3.63, 3.8) is 0 Å². The zero-order chi connectivity index (χ0) is 15.4. The Morgan fingerprint density at radius 3 is 2.76 bits per heavy atom. The number of rotatable bonds is 5. The Hall–Kier alpha value is -0.280. The molecule has 0 saturated carbocycles. The Morgan fingerprint density at radius 2 is 2.10 bits per heavy atom. The van der Waals surface area contributed by atoms with Gasteiger partial charge in [0.05, 0.1) is 10.0 Å². The highest BCUT2D eigenvalue weighted by molar-refractivity contribution is 6.42. The van der Waals surface area contributed by atoms with Crippen LogP contribution < -0.4 is 5.32 Å². The number of hydrogen-bond acceptors (Lipinski definition) is 2. The monoisotopic (exact) mass is 328 g/mol. The van der Waals surface area contributed by atoms with Crippen LogP contribution >= 0.6 is 23.2 Å². The second-order valence-corrected chi connectivity index (χ2v) is 7.13. The van der Waals surface area contributed by atoms with Gasteiger partial charge in [0.1, 0.15) is 0 Å². The van der Waals surface area contributed by atoms with E-state index in [1.54, 1.807) is 0 Å². The molecule has 118 valence electrons. The molecule has 0 spiro atoms. The summed E-state index contributed by atoms with van der Waals surface area (Å²) < 4.78 is 0. The molecule has 1 aliphatic rings. The van der Waals surface area contributed by atoms with Gasteiger partial charge in [-0.2, -0.15) is 0 Å². The van der Waals surface area contributed by atoms with Gasteiger partial charge in [-0.1, -0.05) is 62.5 Å². The highest BCUT2D eigenvalue weighted by Gasteiger charge is 2.29. The van der Waals surface area contributed by atoms with Gasteiger partial charge in [0.15, 0.2) is 0 Å². The van der Waals surface area contributed by atoms with Gasteiger partial charge in [-0.05, 0) is 24.0 Å². The molecule has 2 unspecified atom stereocenters. The minimum atomic E-state index is 0.552. The molecule has 1 fully saturated rings. The molecular formula is C17H26Cl2N2. The molecule has 1 aromatic rings. The lowest BCUT2D eigenvalue weighted by Crippen LogP contribution is -2.57. The normalized spacial score (nSPS) is 23.7. The Kier molecular flexibility index (Phi) is 6.36. The first-order valence-corrected chi connectivity index (χ1v) is 8.68. The summed E-state index contributed by atoms with van der Waals surface area (Å²) in [4.78, 5) is 2.57. The fraction of sp³-hybridized carbons (Fsp3) is 0.647. The number of hydrogen-bond donors (Lipinski definition) is 1. The maximum atomic E-state index is 6.36. The molecule has 1 saturated heterocycles. The molecule has 0 amide bonds. The second-order valence-electron chi connectivity index (χ2n) is 6.34. The van der Waals surface area contributed by atoms with Gasteiger partial charge in [0.2, 0.25) is 0 Å². The first-order chi connectivity index (χ1) is 10.0. The number of halogens is 2. The van der Waals surface area contributed by atoms with Crippen LogP contribution in [-0.4, -0.2) is 30.1 Å². The van der Waals surface area contributed by atoms with Crippen LogP contribution in [0.4, 0.5) is 0 Å². The van der Waals surface area contributed by atoms with E-state index in [0.29, 0.717) is 28.0 Å². The van der Waals surface area contributed by atoms with Gasteiger partial charge < -0.3 is 5.32 Å². The molecule has 0 aliphatic carbocycles. The second kappa shape index (κ2) is 7.82. The summed E-state index contributed by atoms with van der Waals surface area (Å²) in [5.74, 6) is 0.643. The first kappa shape index (κ1) is 17.1. The average molecular weight is 329 g/mol. The van der Waals surface area contributed by atoms with Crippen LogP contribution in [0.1, 0.15) is 39.2 Å². The lowest BCUT2D eigenvalue weighted by atomic mass is 9.97. The minimum absolute atomic E-state index is 0.552. The molecule has 2 nitrogen and oxygen atoms in total. The summed E-state index contributed by atoms with van der Waals surface area (Å²) in [6.07, 6.45) is 2.43. The van der Waals surface area contributed by atoms with Gasteiger partial charge in [0, 0.05) is 31.7 Å². The lowest BCUT2D eigenvalue weighted by molar-refractivity contribution is 0.0998. The van der Waals surface area contributed by atoms with Crippen LogP contribution in [0.2, 0.25) is 10.0 Å². The van der Waals surface area contributed by atoms with Crippen molar-refractivity contribution in [1.82, 2.24) is 10.2 Å². The zero-order valence-electron chi connectivity index (χ0n) is 13.2. The number of nitrogens with one attached hydrogen (secondary N) is 1. The van der Waals surface area contributed by atoms with Gasteiger partial charge in [-0.25, -0.2) is 0 Å². The topological polar surface area (TPSA) is 15.3 Å². The van der Waals surface area contributed by atoms with Crippen molar-refractivity contribution in [2.24, 2.45) is 5.92 Å². The summed E-state index contributed by atoms with van der Waals surface area (Å²) in [6, 6.07) is 7.06. The van der Waals surface area contributed by atoms with E-state index in [4.69, 9.17) is 23.2 Å². The summed E-state index contributed by atoms with van der Waals surface area (Å²) in [7, 11) is 0. The van der Waals surface area contributed by atoms with Crippen molar-refractivity contribution in [3.8, 4) is 0 Å². The number of piperazine rings is 1. The smallest absolute Gasteiger partial charge is 0.0637 e. The summed E-state index contributed by atoms with van der Waals surface area (Å²) in [6.45, 7) is 9.83. The zero-order valence-corrected chi connectivity index (χ0v) is 14.7. The molecule has 0 aromatic heterocycles. The standard InChI is InChI=1S/C17H26Cl2N2/c1-4-6-14-9-20-16(12(2)3)11-21(14)10-13-7-5-8-15(18)17(13)19/h5,7-8,12,14,16,20H,4,6,9-11H2,1-3H3. The molecule has 0 bridgehead atoms. The highest BCUT2D eigenvalue weighted by atomic mass is 35.5. The summed E-state index contributed by atoms with van der Waals surface area (Å²) in [5.41, 5.74) is 1.13. The van der Waals surface area contributed by atoms with Crippen LogP contribution in [0.15, 0.2) is 18.2 Å².